The molecule has 2 aliphatic rings. The smallest absolute Gasteiger partial charge is 0.246 e. The molecule has 0 unspecified atom stereocenters. The minimum absolute atomic E-state index is 0.0279. The van der Waals surface area contributed by atoms with Gasteiger partial charge in [-0.05, 0) is 119 Å². The van der Waals surface area contributed by atoms with Crippen LogP contribution in [0.5, 0.6) is 5.75 Å². The highest BCUT2D eigenvalue weighted by Crippen LogP contribution is 2.23. The fourth-order valence-electron chi connectivity index (χ4n) is 10.2. The first kappa shape index (κ1) is 73.7. The molecule has 0 radical (unpaired) electrons. The number of nitrogens with two attached hydrogens (primary N) is 6. The van der Waals surface area contributed by atoms with Gasteiger partial charge in [-0.3, -0.25) is 62.7 Å². The summed E-state index contributed by atoms with van der Waals surface area (Å²) in [5, 5.41) is 31.4. The molecule has 90 heavy (non-hydrogen) atoms. The number of rotatable bonds is 36. The number of nitrogens with zero attached hydrogens (tertiary/aromatic N) is 4. The molecule has 0 aliphatic carbocycles. The molecule has 10 atom stereocenters. The Hall–Kier alpha value is -8.74. The van der Waals surface area contributed by atoms with E-state index in [1.54, 1.807) is 44.2 Å². The highest BCUT2D eigenvalue weighted by Gasteiger charge is 2.41. The van der Waals surface area contributed by atoms with Crippen LogP contribution in [0.2, 0.25) is 0 Å². The first-order valence-electron chi connectivity index (χ1n) is 30.2. The maximum atomic E-state index is 14.7. The second-order valence-electron chi connectivity index (χ2n) is 22.8. The van der Waals surface area contributed by atoms with Gasteiger partial charge in [0.1, 0.15) is 60.1 Å². The van der Waals surface area contributed by atoms with Crippen molar-refractivity contribution in [2.45, 2.75) is 165 Å². The zero-order valence-corrected chi connectivity index (χ0v) is 52.7. The fraction of sp³-hybridized carbons (Fsp3) is 0.576. The Morgan fingerprint density at radius 3 is 1.62 bits per heavy atom. The molecule has 2 aromatic carbocycles. The second-order valence-corrected chi connectivity index (χ2v) is 23.8. The standard InChI is InChI=1S/C59H92N18O12S/c1-33(2)29-42(74-53(85)43(30-37-19-21-38(78)22-20-37)70-47(79)32-68-54(86)45-17-11-26-76(45)56(88)41(73-49(81)34(3)60)16-10-25-67-59(64)65)52(84)69-35(4)50(82)75-44(31-36-13-7-6-8-14-36)57(89)77-27-12-18-46(77)55(87)72-40(15-9-24-66-58(62)63)51(83)71-39(48(61)80)23-28-90-5/h6-8,13-14,19-22,33-35,39-46,78H,9-12,15-18,23-32,60H2,1-5H3,(H2,61,80)(H,68,86)(H,69,84)(H,70,79)(H,71,83)(H,72,87)(H,73,81)(H,74,85)(H,75,82)(H4,62,63,66)(H4,64,65,67)/t34-,35-,39-,40-,41-,42-,43-,44+,45+,46+/m0/s1. The molecule has 11 amide bonds. The Kier molecular flexibility index (Phi) is 30.6. The Balaban J connectivity index is 1.49. The van der Waals surface area contributed by atoms with E-state index < -0.39 is 132 Å². The summed E-state index contributed by atoms with van der Waals surface area (Å²) in [6.07, 6.45) is 4.00. The molecule has 0 bridgehead atoms. The summed E-state index contributed by atoms with van der Waals surface area (Å²) in [6, 6.07) is 3.08. The number of primary amides is 1. The molecule has 4 rings (SSSR count). The van der Waals surface area contributed by atoms with Crippen molar-refractivity contribution in [3.8, 4) is 5.75 Å². The first-order chi connectivity index (χ1) is 42.7. The van der Waals surface area contributed by atoms with Crippen LogP contribution in [0, 0.1) is 5.92 Å². The predicted octanol–water partition coefficient (Wildman–Crippen LogP) is -3.57. The molecule has 0 aromatic heterocycles. The molecule has 0 spiro atoms. The van der Waals surface area contributed by atoms with E-state index in [1.165, 1.54) is 59.7 Å². The van der Waals surface area contributed by atoms with E-state index in [-0.39, 0.29) is 108 Å². The summed E-state index contributed by atoms with van der Waals surface area (Å²) in [7, 11) is 0. The molecule has 2 saturated heterocycles. The fourth-order valence-corrected chi connectivity index (χ4v) is 10.7. The van der Waals surface area contributed by atoms with Crippen molar-refractivity contribution in [3.05, 3.63) is 65.7 Å². The summed E-state index contributed by atoms with van der Waals surface area (Å²) in [4.78, 5) is 162. The maximum absolute atomic E-state index is 14.7. The summed E-state index contributed by atoms with van der Waals surface area (Å²) >= 11 is 1.45. The predicted molar refractivity (Wildman–Crippen MR) is 339 cm³/mol. The van der Waals surface area contributed by atoms with Crippen LogP contribution in [-0.2, 0) is 65.6 Å². The third-order valence-electron chi connectivity index (χ3n) is 14.9. The Labute approximate surface area is 528 Å². The third kappa shape index (κ3) is 24.7. The van der Waals surface area contributed by atoms with Crippen LogP contribution in [0.1, 0.15) is 103 Å². The largest absolute Gasteiger partial charge is 0.508 e. The number of hydrogen-bond donors (Lipinski definition) is 15. The molecule has 2 aromatic rings. The van der Waals surface area contributed by atoms with E-state index in [9.17, 15) is 57.8 Å². The lowest BCUT2D eigenvalue weighted by Gasteiger charge is -2.31. The van der Waals surface area contributed by atoms with Crippen LogP contribution in [-0.4, -0.2) is 197 Å². The number of carbonyl (C=O) groups excluding carboxylic acids is 11. The third-order valence-corrected chi connectivity index (χ3v) is 15.6. The van der Waals surface area contributed by atoms with Gasteiger partial charge in [0, 0.05) is 39.0 Å². The minimum Gasteiger partial charge on any atom is -0.508 e. The molecule has 2 heterocycles. The van der Waals surface area contributed by atoms with Gasteiger partial charge >= 0.3 is 0 Å². The second kappa shape index (κ2) is 37.3. The van der Waals surface area contributed by atoms with Crippen LogP contribution in [0.4, 0.5) is 0 Å². The topological polar surface area (TPSA) is 492 Å². The number of benzene rings is 2. The average Bonchev–Trinajstić information content (AvgIpc) is 4.03. The number of aromatic hydroxyl groups is 1. The van der Waals surface area contributed by atoms with Gasteiger partial charge in [0.25, 0.3) is 0 Å². The maximum Gasteiger partial charge on any atom is 0.246 e. The lowest BCUT2D eigenvalue weighted by atomic mass is 10.0. The van der Waals surface area contributed by atoms with Gasteiger partial charge in [-0.1, -0.05) is 56.3 Å². The molecular formula is C59H92N18O12S. The quantitative estimate of drug-likeness (QED) is 0.0178. The Bertz CT molecular complexity index is 2840. The minimum atomic E-state index is -1.37. The number of likely N-dealkylation sites (tertiary alicyclic amines) is 2. The number of hydrogen-bond acceptors (Lipinski definition) is 16. The number of phenolic OH excluding ortho intramolecular Hbond substituents is 1. The summed E-state index contributed by atoms with van der Waals surface area (Å²) in [5.74, 6) is -7.77. The summed E-state index contributed by atoms with van der Waals surface area (Å²) in [6.45, 7) is 6.41. The monoisotopic (exact) mass is 1280 g/mol. The lowest BCUT2D eigenvalue weighted by molar-refractivity contribution is -0.142. The van der Waals surface area contributed by atoms with Crippen molar-refractivity contribution in [1.82, 2.24) is 52.3 Å². The highest BCUT2D eigenvalue weighted by atomic mass is 32.2. The molecule has 31 heteroatoms. The van der Waals surface area contributed by atoms with Crippen molar-refractivity contribution >= 4 is 88.7 Å². The number of thioether (sulfide) groups is 1. The number of aliphatic imine (C=N–C) groups is 2. The zero-order chi connectivity index (χ0) is 66.6. The normalized spacial score (nSPS) is 17.1. The summed E-state index contributed by atoms with van der Waals surface area (Å²) < 4.78 is 0. The Morgan fingerprint density at radius 1 is 0.567 bits per heavy atom. The van der Waals surface area contributed by atoms with Crippen LogP contribution >= 0.6 is 11.8 Å². The zero-order valence-electron chi connectivity index (χ0n) is 51.9. The van der Waals surface area contributed by atoms with Gasteiger partial charge in [-0.2, -0.15) is 11.8 Å². The van der Waals surface area contributed by atoms with Gasteiger partial charge in [0.2, 0.25) is 65.0 Å². The number of guanidine groups is 2. The van der Waals surface area contributed by atoms with Crippen LogP contribution < -0.4 is 76.9 Å². The van der Waals surface area contributed by atoms with Gasteiger partial charge in [0.05, 0.1) is 12.6 Å². The number of nitrogens with one attached hydrogen (secondary N) is 8. The van der Waals surface area contributed by atoms with Gasteiger partial charge in [-0.25, -0.2) is 0 Å². The van der Waals surface area contributed by atoms with Crippen molar-refractivity contribution < 1.29 is 57.8 Å². The van der Waals surface area contributed by atoms with E-state index in [0.29, 0.717) is 36.1 Å². The molecule has 496 valence electrons. The van der Waals surface area contributed by atoms with Gasteiger partial charge in [-0.15, -0.1) is 0 Å². The number of carbonyl (C=O) groups is 11. The average molecular weight is 1280 g/mol. The van der Waals surface area contributed by atoms with Gasteiger partial charge in [0.15, 0.2) is 11.9 Å². The number of phenols is 1. The van der Waals surface area contributed by atoms with Crippen LogP contribution in [0.3, 0.4) is 0 Å². The SMILES string of the molecule is CSCC[C@H](NC(=O)[C@H](CCCN=C(N)N)NC(=O)[C@H]1CCCN1C(=O)[C@@H](Cc1ccccc1)NC(=O)[C@H](C)NC(=O)[C@H](CC(C)C)NC(=O)[C@H](Cc1ccc(O)cc1)NC(=O)CNC(=O)[C@H]1CCCN1C(=O)[C@H](CCCN=C(N)N)NC(=O)[C@H](C)N)C(N)=O. The van der Waals surface area contributed by atoms with Crippen molar-refractivity contribution in [2.24, 2.45) is 50.3 Å². The molecule has 30 nitrogen and oxygen atoms in total. The van der Waals surface area contributed by atoms with E-state index in [4.69, 9.17) is 34.4 Å². The highest BCUT2D eigenvalue weighted by molar-refractivity contribution is 7.98. The first-order valence-corrected chi connectivity index (χ1v) is 31.5. The molecule has 2 fully saturated rings. The van der Waals surface area contributed by atoms with Crippen molar-refractivity contribution in [2.75, 3.05) is 44.7 Å². The molecule has 0 saturated carbocycles. The van der Waals surface area contributed by atoms with Crippen molar-refractivity contribution in [1.29, 1.82) is 0 Å². The van der Waals surface area contributed by atoms with E-state index >= 15 is 0 Å². The Morgan fingerprint density at radius 2 is 1.07 bits per heavy atom. The summed E-state index contributed by atoms with van der Waals surface area (Å²) in [5.41, 5.74) is 34.4. The van der Waals surface area contributed by atoms with Crippen molar-refractivity contribution in [3.63, 3.8) is 0 Å². The molecule has 2 aliphatic heterocycles. The van der Waals surface area contributed by atoms with E-state index in [1.807, 2.05) is 6.26 Å². The van der Waals surface area contributed by atoms with Crippen LogP contribution in [0.25, 0.3) is 0 Å². The van der Waals surface area contributed by atoms with E-state index in [0.717, 1.165) is 0 Å². The van der Waals surface area contributed by atoms with E-state index in [2.05, 4.69) is 52.5 Å². The van der Waals surface area contributed by atoms with Gasteiger partial charge < -0.3 is 91.8 Å². The molecule has 21 N–H and O–H groups in total. The number of amides is 11. The molecular weight excluding hydrogens is 1180 g/mol. The lowest BCUT2D eigenvalue weighted by Crippen LogP contribution is -2.60. The van der Waals surface area contributed by atoms with Crippen LogP contribution in [0.15, 0.2) is 64.6 Å².